The lowest BCUT2D eigenvalue weighted by atomic mass is 9.95. The van der Waals surface area contributed by atoms with Crippen LogP contribution in [0, 0.1) is 17.0 Å². The maximum absolute atomic E-state index is 13.9. The number of carbonyl (C=O) groups excluding carboxylic acids is 1. The number of hydrogen-bond acceptors (Lipinski definition) is 9. The molecule has 0 saturated carbocycles. The van der Waals surface area contributed by atoms with Crippen molar-refractivity contribution in [2.24, 2.45) is 4.99 Å². The second-order valence-corrected chi connectivity index (χ2v) is 10.3. The molecule has 1 atom stereocenters. The first kappa shape index (κ1) is 26.5. The summed E-state index contributed by atoms with van der Waals surface area (Å²) >= 11 is 1.19. The maximum Gasteiger partial charge on any atom is 0.338 e. The smallest absolute Gasteiger partial charge is 0.338 e. The van der Waals surface area contributed by atoms with E-state index in [0.29, 0.717) is 52.5 Å². The fraction of sp³-hybridized carbons (Fsp3) is 0.321. The van der Waals surface area contributed by atoms with Gasteiger partial charge in [-0.3, -0.25) is 19.5 Å². The zero-order valence-electron chi connectivity index (χ0n) is 21.9. The molecule has 0 unspecified atom stereocenters. The third-order valence-electron chi connectivity index (χ3n) is 6.77. The Balaban J connectivity index is 1.71. The van der Waals surface area contributed by atoms with E-state index in [1.54, 1.807) is 26.0 Å². The summed E-state index contributed by atoms with van der Waals surface area (Å²) in [6, 6.07) is 11.6. The van der Waals surface area contributed by atoms with E-state index in [2.05, 4.69) is 9.89 Å². The van der Waals surface area contributed by atoms with Gasteiger partial charge in [-0.05, 0) is 38.5 Å². The summed E-state index contributed by atoms with van der Waals surface area (Å²) in [6.45, 7) is 7.99. The number of benzene rings is 2. The first-order valence-corrected chi connectivity index (χ1v) is 13.5. The Kier molecular flexibility index (Phi) is 7.45. The number of thiazole rings is 1. The fourth-order valence-electron chi connectivity index (χ4n) is 4.86. The van der Waals surface area contributed by atoms with Gasteiger partial charge in [0, 0.05) is 36.5 Å². The molecule has 3 aromatic rings. The first-order valence-electron chi connectivity index (χ1n) is 12.7. The number of aromatic nitrogens is 1. The Hall–Kier alpha value is -4.09. The lowest BCUT2D eigenvalue weighted by Gasteiger charge is -2.30. The van der Waals surface area contributed by atoms with E-state index in [-0.39, 0.29) is 17.9 Å². The van der Waals surface area contributed by atoms with Gasteiger partial charge in [-0.15, -0.1) is 0 Å². The topological polar surface area (TPSA) is 116 Å². The van der Waals surface area contributed by atoms with Crippen molar-refractivity contribution < 1.29 is 19.2 Å². The van der Waals surface area contributed by atoms with Crippen molar-refractivity contribution >= 4 is 34.8 Å². The molecule has 2 aliphatic rings. The summed E-state index contributed by atoms with van der Waals surface area (Å²) in [6.07, 6.45) is 1.68. The molecule has 2 aliphatic heterocycles. The Bertz CT molecular complexity index is 1650. The molecular weight excluding hydrogens is 520 g/mol. The third kappa shape index (κ3) is 5.15. The monoisotopic (exact) mass is 548 g/mol. The number of allylic oxidation sites excluding steroid dienone is 1. The van der Waals surface area contributed by atoms with Crippen LogP contribution in [0.1, 0.15) is 36.6 Å². The molecule has 0 spiro atoms. The van der Waals surface area contributed by atoms with Crippen LogP contribution < -0.4 is 19.8 Å². The van der Waals surface area contributed by atoms with Crippen LogP contribution in [0.4, 0.5) is 11.4 Å². The largest absolute Gasteiger partial charge is 0.463 e. The van der Waals surface area contributed by atoms with Gasteiger partial charge < -0.3 is 14.4 Å². The molecule has 0 radical (unpaired) electrons. The minimum Gasteiger partial charge on any atom is -0.463 e. The quantitative estimate of drug-likeness (QED) is 0.264. The molecule has 0 bridgehead atoms. The third-order valence-corrected chi connectivity index (χ3v) is 7.75. The van der Waals surface area contributed by atoms with Crippen LogP contribution in [0.2, 0.25) is 0 Å². The number of nitro groups is 1. The van der Waals surface area contributed by atoms with Gasteiger partial charge in [-0.25, -0.2) is 9.79 Å². The number of non-ortho nitro benzene ring substituents is 1. The summed E-state index contributed by atoms with van der Waals surface area (Å²) in [5, 5.41) is 11.6. The highest BCUT2D eigenvalue weighted by molar-refractivity contribution is 7.07. The van der Waals surface area contributed by atoms with Crippen molar-refractivity contribution in [2.45, 2.75) is 26.8 Å². The Morgan fingerprint density at radius 3 is 2.59 bits per heavy atom. The van der Waals surface area contributed by atoms with Gasteiger partial charge in [0.15, 0.2) is 4.80 Å². The zero-order valence-corrected chi connectivity index (χ0v) is 22.7. The van der Waals surface area contributed by atoms with Crippen molar-refractivity contribution in [3.8, 4) is 0 Å². The number of aryl methyl sites for hydroxylation is 1. The first-order chi connectivity index (χ1) is 18.8. The Labute approximate surface area is 228 Å². The Morgan fingerprint density at radius 1 is 1.21 bits per heavy atom. The van der Waals surface area contributed by atoms with E-state index in [1.165, 1.54) is 28.0 Å². The zero-order chi connectivity index (χ0) is 27.7. The molecule has 1 aromatic heterocycles. The maximum atomic E-state index is 13.9. The van der Waals surface area contributed by atoms with Crippen LogP contribution in [0.25, 0.3) is 6.08 Å². The fourth-order valence-corrected chi connectivity index (χ4v) is 5.90. The average Bonchev–Trinajstić information content (AvgIpc) is 3.23. The van der Waals surface area contributed by atoms with Crippen molar-refractivity contribution in [1.29, 1.82) is 0 Å². The van der Waals surface area contributed by atoms with E-state index < -0.39 is 16.9 Å². The summed E-state index contributed by atoms with van der Waals surface area (Å²) < 4.78 is 12.7. The SMILES string of the molecule is CCOC(=O)C1=C(C)N=c2s/c(=C\c3cc([N+](=O)[O-])ccc3N3CCOCC3)c(=O)n2[C@@H]1c1ccc(C)cc1. The molecule has 2 aromatic carbocycles. The second kappa shape index (κ2) is 11.0. The molecule has 0 amide bonds. The average molecular weight is 549 g/mol. The molecule has 1 saturated heterocycles. The van der Waals surface area contributed by atoms with Gasteiger partial charge in [0.25, 0.3) is 11.2 Å². The van der Waals surface area contributed by atoms with Gasteiger partial charge in [0.05, 0.1) is 46.6 Å². The van der Waals surface area contributed by atoms with Gasteiger partial charge in [0.2, 0.25) is 0 Å². The highest BCUT2D eigenvalue weighted by Crippen LogP contribution is 2.31. The number of nitrogens with zero attached hydrogens (tertiary/aromatic N) is 4. The molecule has 0 aliphatic carbocycles. The van der Waals surface area contributed by atoms with E-state index in [0.717, 1.165) is 16.8 Å². The highest BCUT2D eigenvalue weighted by Gasteiger charge is 2.33. The number of fused-ring (bicyclic) bond motifs is 1. The molecule has 3 heterocycles. The molecule has 10 nitrogen and oxygen atoms in total. The molecular formula is C28H28N4O6S. The summed E-state index contributed by atoms with van der Waals surface area (Å²) in [7, 11) is 0. The minimum atomic E-state index is -0.716. The lowest BCUT2D eigenvalue weighted by molar-refractivity contribution is -0.384. The summed E-state index contributed by atoms with van der Waals surface area (Å²) in [4.78, 5) is 45.3. The van der Waals surface area contributed by atoms with Gasteiger partial charge in [-0.2, -0.15) is 0 Å². The van der Waals surface area contributed by atoms with Gasteiger partial charge in [-0.1, -0.05) is 41.2 Å². The van der Waals surface area contributed by atoms with E-state index in [1.807, 2.05) is 31.2 Å². The van der Waals surface area contributed by atoms with E-state index in [4.69, 9.17) is 9.47 Å². The van der Waals surface area contributed by atoms with E-state index >= 15 is 0 Å². The Morgan fingerprint density at radius 2 is 1.92 bits per heavy atom. The number of rotatable bonds is 6. The number of nitro benzene ring substituents is 1. The predicted octanol–water partition coefficient (Wildman–Crippen LogP) is 2.85. The lowest BCUT2D eigenvalue weighted by Crippen LogP contribution is -2.40. The van der Waals surface area contributed by atoms with Crippen LogP contribution in [0.3, 0.4) is 0 Å². The second-order valence-electron chi connectivity index (χ2n) is 9.31. The molecule has 1 fully saturated rings. The molecule has 202 valence electrons. The highest BCUT2D eigenvalue weighted by atomic mass is 32.1. The van der Waals surface area contributed by atoms with Crippen molar-refractivity contribution in [3.63, 3.8) is 0 Å². The number of carbonyl (C=O) groups is 1. The predicted molar refractivity (Wildman–Crippen MR) is 148 cm³/mol. The number of hydrogen-bond donors (Lipinski definition) is 0. The van der Waals surface area contributed by atoms with Crippen molar-refractivity contribution in [3.05, 3.63) is 100 Å². The molecule has 0 N–H and O–H groups in total. The molecule has 39 heavy (non-hydrogen) atoms. The summed E-state index contributed by atoms with van der Waals surface area (Å²) in [5.74, 6) is -0.521. The standard InChI is InChI=1S/C28H28N4O6S/c1-4-38-27(34)24-18(3)29-28-31(25(24)19-7-5-17(2)6-8-19)26(33)23(39-28)16-20-15-21(32(35)36)9-10-22(20)30-11-13-37-14-12-30/h5-10,15-16,25H,4,11-14H2,1-3H3/b23-16-/t25-/m1/s1. The van der Waals surface area contributed by atoms with Crippen LogP contribution in [-0.2, 0) is 14.3 Å². The molecule has 11 heteroatoms. The van der Waals surface area contributed by atoms with Crippen LogP contribution in [0.15, 0.2) is 63.5 Å². The van der Waals surface area contributed by atoms with Crippen molar-refractivity contribution in [1.82, 2.24) is 4.57 Å². The summed E-state index contributed by atoms with van der Waals surface area (Å²) in [5.41, 5.74) is 3.54. The normalized spacial score (nSPS) is 17.6. The van der Waals surface area contributed by atoms with Crippen LogP contribution in [-0.4, -0.2) is 48.4 Å². The molecule has 5 rings (SSSR count). The van der Waals surface area contributed by atoms with Crippen molar-refractivity contribution in [2.75, 3.05) is 37.8 Å². The van der Waals surface area contributed by atoms with Gasteiger partial charge >= 0.3 is 5.97 Å². The van der Waals surface area contributed by atoms with Crippen LogP contribution >= 0.6 is 11.3 Å². The van der Waals surface area contributed by atoms with Crippen LogP contribution in [0.5, 0.6) is 0 Å². The number of ether oxygens (including phenoxy) is 2. The number of morpholine rings is 1. The number of esters is 1. The minimum absolute atomic E-state index is 0.0657. The van der Waals surface area contributed by atoms with Gasteiger partial charge in [0.1, 0.15) is 0 Å². The van der Waals surface area contributed by atoms with E-state index in [9.17, 15) is 19.7 Å². The number of anilines is 1.